The number of halogens is 2. The van der Waals surface area contributed by atoms with E-state index in [0.717, 1.165) is 25.3 Å². The molecule has 1 aromatic carbocycles. The maximum atomic E-state index is 13.5. The molecule has 0 bridgehead atoms. The van der Waals surface area contributed by atoms with Gasteiger partial charge in [0.05, 0.1) is 0 Å². The molecule has 3 nitrogen and oxygen atoms in total. The third kappa shape index (κ3) is 3.54. The van der Waals surface area contributed by atoms with Crippen LogP contribution in [-0.2, 0) is 11.2 Å². The highest BCUT2D eigenvalue weighted by Gasteiger charge is 2.27. The van der Waals surface area contributed by atoms with Gasteiger partial charge in [-0.3, -0.25) is 4.79 Å². The molecule has 2 rings (SSSR count). The molecule has 110 valence electrons. The van der Waals surface area contributed by atoms with E-state index in [9.17, 15) is 13.6 Å². The SMILES string of the molecule is NCC1CCCC1NC(=O)CCc1cccc(F)c1F. The van der Waals surface area contributed by atoms with E-state index in [1.54, 1.807) is 0 Å². The number of benzene rings is 1. The van der Waals surface area contributed by atoms with Crippen LogP contribution in [0, 0.1) is 17.6 Å². The average molecular weight is 282 g/mol. The monoisotopic (exact) mass is 282 g/mol. The number of nitrogens with two attached hydrogens (primary N) is 1. The van der Waals surface area contributed by atoms with Crippen molar-refractivity contribution in [2.75, 3.05) is 6.54 Å². The summed E-state index contributed by atoms with van der Waals surface area (Å²) in [6.45, 7) is 0.573. The molecule has 1 amide bonds. The van der Waals surface area contributed by atoms with Crippen molar-refractivity contribution in [3.05, 3.63) is 35.4 Å². The summed E-state index contributed by atoms with van der Waals surface area (Å²) in [5, 5.41) is 2.95. The number of rotatable bonds is 5. The van der Waals surface area contributed by atoms with Crippen molar-refractivity contribution in [3.63, 3.8) is 0 Å². The molecule has 20 heavy (non-hydrogen) atoms. The maximum Gasteiger partial charge on any atom is 0.220 e. The lowest BCUT2D eigenvalue weighted by Crippen LogP contribution is -2.39. The summed E-state index contributed by atoms with van der Waals surface area (Å²) in [7, 11) is 0. The van der Waals surface area contributed by atoms with E-state index in [1.165, 1.54) is 12.1 Å². The summed E-state index contributed by atoms with van der Waals surface area (Å²) in [6, 6.07) is 4.16. The fourth-order valence-corrected chi connectivity index (χ4v) is 2.78. The van der Waals surface area contributed by atoms with Crippen LogP contribution < -0.4 is 11.1 Å². The summed E-state index contributed by atoms with van der Waals surface area (Å²) in [5.74, 6) is -1.52. The third-order valence-corrected chi connectivity index (χ3v) is 3.96. The number of amides is 1. The minimum absolute atomic E-state index is 0.126. The number of hydrogen-bond acceptors (Lipinski definition) is 2. The lowest BCUT2D eigenvalue weighted by Gasteiger charge is -2.19. The summed E-state index contributed by atoms with van der Waals surface area (Å²) in [5.41, 5.74) is 5.90. The second-order valence-corrected chi connectivity index (χ2v) is 5.31. The van der Waals surface area contributed by atoms with Crippen LogP contribution in [-0.4, -0.2) is 18.5 Å². The van der Waals surface area contributed by atoms with Crippen molar-refractivity contribution in [1.82, 2.24) is 5.32 Å². The van der Waals surface area contributed by atoms with Gasteiger partial charge in [0.1, 0.15) is 0 Å². The molecule has 1 aliphatic rings. The molecule has 2 atom stereocenters. The standard InChI is InChI=1S/C15H20F2N2O/c16-12-5-1-3-10(15(12)17)7-8-14(20)19-13-6-2-4-11(13)9-18/h1,3,5,11,13H,2,4,6-9,18H2,(H,19,20). The fraction of sp³-hybridized carbons (Fsp3) is 0.533. The van der Waals surface area contributed by atoms with Crippen molar-refractivity contribution in [3.8, 4) is 0 Å². The Morgan fingerprint density at radius 1 is 1.35 bits per heavy atom. The Morgan fingerprint density at radius 2 is 2.15 bits per heavy atom. The van der Waals surface area contributed by atoms with Crippen LogP contribution >= 0.6 is 0 Å². The van der Waals surface area contributed by atoms with Crippen molar-refractivity contribution in [2.24, 2.45) is 11.7 Å². The normalized spacial score (nSPS) is 21.9. The van der Waals surface area contributed by atoms with Gasteiger partial charge < -0.3 is 11.1 Å². The van der Waals surface area contributed by atoms with Crippen LogP contribution in [0.2, 0.25) is 0 Å². The molecule has 1 aromatic rings. The van der Waals surface area contributed by atoms with E-state index in [2.05, 4.69) is 5.32 Å². The quantitative estimate of drug-likeness (QED) is 0.869. The van der Waals surface area contributed by atoms with Crippen molar-refractivity contribution >= 4 is 5.91 Å². The van der Waals surface area contributed by atoms with Crippen LogP contribution in [0.4, 0.5) is 8.78 Å². The average Bonchev–Trinajstić information content (AvgIpc) is 2.87. The third-order valence-electron chi connectivity index (χ3n) is 3.96. The van der Waals surface area contributed by atoms with Gasteiger partial charge in [-0.05, 0) is 43.4 Å². The van der Waals surface area contributed by atoms with Gasteiger partial charge in [0, 0.05) is 12.5 Å². The summed E-state index contributed by atoms with van der Waals surface area (Å²) in [6.07, 6.45) is 3.43. The summed E-state index contributed by atoms with van der Waals surface area (Å²) in [4.78, 5) is 11.9. The topological polar surface area (TPSA) is 55.1 Å². The molecule has 2 unspecified atom stereocenters. The van der Waals surface area contributed by atoms with E-state index >= 15 is 0 Å². The zero-order valence-corrected chi connectivity index (χ0v) is 11.4. The molecule has 0 aromatic heterocycles. The van der Waals surface area contributed by atoms with Crippen LogP contribution in [0.15, 0.2) is 18.2 Å². The van der Waals surface area contributed by atoms with Gasteiger partial charge in [-0.1, -0.05) is 18.6 Å². The number of aryl methyl sites for hydroxylation is 1. The zero-order chi connectivity index (χ0) is 14.5. The number of nitrogens with one attached hydrogen (secondary N) is 1. The molecule has 1 aliphatic carbocycles. The highest BCUT2D eigenvalue weighted by atomic mass is 19.2. The highest BCUT2D eigenvalue weighted by molar-refractivity contribution is 5.76. The Labute approximate surface area is 117 Å². The van der Waals surface area contributed by atoms with E-state index < -0.39 is 11.6 Å². The molecule has 0 heterocycles. The summed E-state index contributed by atoms with van der Waals surface area (Å²) >= 11 is 0. The van der Waals surface area contributed by atoms with Crippen molar-refractivity contribution in [2.45, 2.75) is 38.1 Å². The van der Waals surface area contributed by atoms with Gasteiger partial charge in [0.15, 0.2) is 11.6 Å². The Bertz CT molecular complexity index is 479. The van der Waals surface area contributed by atoms with Crippen LogP contribution in [0.5, 0.6) is 0 Å². The first-order valence-electron chi connectivity index (χ1n) is 7.04. The Hall–Kier alpha value is -1.49. The molecule has 0 spiro atoms. The first kappa shape index (κ1) is 14.9. The predicted molar refractivity (Wildman–Crippen MR) is 73.0 cm³/mol. The molecule has 0 radical (unpaired) electrons. The minimum atomic E-state index is -0.873. The lowest BCUT2D eigenvalue weighted by molar-refractivity contribution is -0.122. The van der Waals surface area contributed by atoms with Crippen molar-refractivity contribution in [1.29, 1.82) is 0 Å². The smallest absolute Gasteiger partial charge is 0.220 e. The molecule has 1 fully saturated rings. The van der Waals surface area contributed by atoms with Gasteiger partial charge in [-0.2, -0.15) is 0 Å². The van der Waals surface area contributed by atoms with E-state index in [0.29, 0.717) is 12.5 Å². The second kappa shape index (κ2) is 6.79. The Morgan fingerprint density at radius 3 is 2.90 bits per heavy atom. The maximum absolute atomic E-state index is 13.5. The van der Waals surface area contributed by atoms with Gasteiger partial charge in [0.2, 0.25) is 5.91 Å². The second-order valence-electron chi connectivity index (χ2n) is 5.31. The molecule has 0 aliphatic heterocycles. The summed E-state index contributed by atoms with van der Waals surface area (Å²) < 4.78 is 26.5. The van der Waals surface area contributed by atoms with E-state index in [4.69, 9.17) is 5.73 Å². The predicted octanol–water partition coefficient (Wildman–Crippen LogP) is 2.14. The lowest BCUT2D eigenvalue weighted by atomic mass is 10.0. The van der Waals surface area contributed by atoms with Crippen LogP contribution in [0.1, 0.15) is 31.2 Å². The molecular formula is C15H20F2N2O. The van der Waals surface area contributed by atoms with Gasteiger partial charge in [0.25, 0.3) is 0 Å². The van der Waals surface area contributed by atoms with Gasteiger partial charge in [-0.25, -0.2) is 8.78 Å². The van der Waals surface area contributed by atoms with Crippen LogP contribution in [0.25, 0.3) is 0 Å². The van der Waals surface area contributed by atoms with Gasteiger partial charge in [-0.15, -0.1) is 0 Å². The van der Waals surface area contributed by atoms with E-state index in [-0.39, 0.29) is 30.4 Å². The van der Waals surface area contributed by atoms with Crippen LogP contribution in [0.3, 0.4) is 0 Å². The molecular weight excluding hydrogens is 262 g/mol. The first-order valence-corrected chi connectivity index (χ1v) is 7.04. The molecule has 5 heteroatoms. The number of hydrogen-bond donors (Lipinski definition) is 2. The first-order chi connectivity index (χ1) is 9.61. The molecule has 3 N–H and O–H groups in total. The number of carbonyl (C=O) groups is 1. The Balaban J connectivity index is 1.85. The zero-order valence-electron chi connectivity index (χ0n) is 11.4. The fourth-order valence-electron chi connectivity index (χ4n) is 2.78. The highest BCUT2D eigenvalue weighted by Crippen LogP contribution is 2.24. The van der Waals surface area contributed by atoms with E-state index in [1.807, 2.05) is 0 Å². The Kier molecular flexibility index (Phi) is 5.06. The largest absolute Gasteiger partial charge is 0.353 e. The number of carbonyl (C=O) groups excluding carboxylic acids is 1. The van der Waals surface area contributed by atoms with Gasteiger partial charge >= 0.3 is 0 Å². The minimum Gasteiger partial charge on any atom is -0.353 e. The molecule has 0 saturated heterocycles. The molecule has 1 saturated carbocycles. The van der Waals surface area contributed by atoms with Crippen molar-refractivity contribution < 1.29 is 13.6 Å².